The highest BCUT2D eigenvalue weighted by Crippen LogP contribution is 2.24. The Hall–Kier alpha value is -0.800. The molecule has 1 aliphatic rings. The minimum Gasteiger partial charge on any atom is -0.384 e. The van der Waals surface area contributed by atoms with Crippen molar-refractivity contribution >= 4 is 17.3 Å². The number of hydrogen-bond acceptors (Lipinski definition) is 3. The molecule has 1 saturated carbocycles. The maximum Gasteiger partial charge on any atom is 0.131 e. The summed E-state index contributed by atoms with van der Waals surface area (Å²) in [5.41, 5.74) is 1.04. The number of rotatable bonds is 5. The second-order valence-corrected chi connectivity index (χ2v) is 4.39. The summed E-state index contributed by atoms with van der Waals surface area (Å²) in [5, 5.41) is 3.87. The summed E-state index contributed by atoms with van der Waals surface area (Å²) < 4.78 is 0. The van der Waals surface area contributed by atoms with E-state index in [1.165, 1.54) is 12.8 Å². The molecule has 1 heterocycles. The molecule has 0 aliphatic heterocycles. The van der Waals surface area contributed by atoms with Crippen molar-refractivity contribution < 1.29 is 0 Å². The number of aromatic nitrogens is 1. The average molecular weight is 226 g/mol. The van der Waals surface area contributed by atoms with Crippen LogP contribution in [0.2, 0.25) is 5.15 Å². The molecule has 82 valence electrons. The zero-order chi connectivity index (χ0) is 10.7. The van der Waals surface area contributed by atoms with Crippen LogP contribution in [0.4, 0.5) is 5.69 Å². The van der Waals surface area contributed by atoms with Gasteiger partial charge in [0.1, 0.15) is 5.15 Å². The molecule has 3 nitrogen and oxygen atoms in total. The van der Waals surface area contributed by atoms with Crippen molar-refractivity contribution in [1.82, 2.24) is 9.88 Å². The number of nitrogens with zero attached hydrogens (tertiary/aromatic N) is 2. The number of nitrogens with one attached hydrogen (secondary N) is 1. The lowest BCUT2D eigenvalue weighted by atomic mass is 10.4. The minimum atomic E-state index is 0.538. The van der Waals surface area contributed by atoms with E-state index in [1.54, 1.807) is 6.20 Å². The van der Waals surface area contributed by atoms with Crippen molar-refractivity contribution in [2.75, 3.05) is 25.5 Å². The Bertz CT molecular complexity index is 325. The summed E-state index contributed by atoms with van der Waals surface area (Å²) in [7, 11) is 2.18. The van der Waals surface area contributed by atoms with E-state index in [4.69, 9.17) is 11.6 Å². The molecule has 0 atom stereocenters. The Balaban J connectivity index is 1.73. The summed E-state index contributed by atoms with van der Waals surface area (Å²) in [6.07, 6.45) is 4.43. The van der Waals surface area contributed by atoms with Crippen LogP contribution >= 0.6 is 11.6 Å². The molecular formula is C11H16ClN3. The van der Waals surface area contributed by atoms with E-state index >= 15 is 0 Å². The van der Waals surface area contributed by atoms with Crippen molar-refractivity contribution in [2.24, 2.45) is 0 Å². The average Bonchev–Trinajstić information content (AvgIpc) is 3.00. The molecule has 0 saturated heterocycles. The van der Waals surface area contributed by atoms with Gasteiger partial charge in [-0.2, -0.15) is 0 Å². The van der Waals surface area contributed by atoms with Crippen LogP contribution in [0.3, 0.4) is 0 Å². The van der Waals surface area contributed by atoms with Gasteiger partial charge in [-0.1, -0.05) is 11.6 Å². The quantitative estimate of drug-likeness (QED) is 0.780. The number of halogens is 1. The minimum absolute atomic E-state index is 0.538. The van der Waals surface area contributed by atoms with Crippen molar-refractivity contribution in [3.8, 4) is 0 Å². The van der Waals surface area contributed by atoms with E-state index in [0.29, 0.717) is 5.15 Å². The Kier molecular flexibility index (Phi) is 3.44. The third kappa shape index (κ3) is 3.36. The van der Waals surface area contributed by atoms with E-state index in [1.807, 2.05) is 12.1 Å². The molecule has 1 aromatic heterocycles. The highest BCUT2D eigenvalue weighted by Gasteiger charge is 2.25. The van der Waals surface area contributed by atoms with Gasteiger partial charge in [0.05, 0.1) is 0 Å². The predicted octanol–water partition coefficient (Wildman–Crippen LogP) is 2.24. The zero-order valence-electron chi connectivity index (χ0n) is 8.91. The van der Waals surface area contributed by atoms with Crippen LogP contribution in [0, 0.1) is 0 Å². The van der Waals surface area contributed by atoms with Gasteiger partial charge in [-0.05, 0) is 32.0 Å². The van der Waals surface area contributed by atoms with E-state index < -0.39 is 0 Å². The number of anilines is 1. The molecule has 1 aliphatic carbocycles. The van der Waals surface area contributed by atoms with Crippen LogP contribution < -0.4 is 5.32 Å². The molecule has 1 aromatic rings. The second kappa shape index (κ2) is 4.81. The fourth-order valence-electron chi connectivity index (χ4n) is 1.59. The van der Waals surface area contributed by atoms with E-state index in [0.717, 1.165) is 24.8 Å². The predicted molar refractivity (Wildman–Crippen MR) is 63.4 cm³/mol. The largest absolute Gasteiger partial charge is 0.384 e. The number of hydrogen-bond donors (Lipinski definition) is 1. The second-order valence-electron chi connectivity index (χ2n) is 4.01. The van der Waals surface area contributed by atoms with Crippen molar-refractivity contribution in [3.05, 3.63) is 23.5 Å². The van der Waals surface area contributed by atoms with Crippen LogP contribution in [0.25, 0.3) is 0 Å². The Labute approximate surface area is 95.4 Å². The highest BCUT2D eigenvalue weighted by molar-refractivity contribution is 6.29. The van der Waals surface area contributed by atoms with Gasteiger partial charge in [-0.3, -0.25) is 0 Å². The molecule has 0 unspecified atom stereocenters. The molecule has 0 spiro atoms. The third-order valence-electron chi connectivity index (χ3n) is 2.69. The van der Waals surface area contributed by atoms with Gasteiger partial charge in [0, 0.05) is 31.0 Å². The molecule has 4 heteroatoms. The first-order chi connectivity index (χ1) is 7.25. The van der Waals surface area contributed by atoms with Crippen LogP contribution in [0.15, 0.2) is 18.3 Å². The first-order valence-corrected chi connectivity index (χ1v) is 5.69. The fourth-order valence-corrected chi connectivity index (χ4v) is 1.76. The van der Waals surface area contributed by atoms with E-state index in [-0.39, 0.29) is 0 Å². The molecule has 0 radical (unpaired) electrons. The smallest absolute Gasteiger partial charge is 0.131 e. The standard InChI is InChI=1S/C11H16ClN3/c1-15(10-2-3-10)7-6-13-9-4-5-14-11(12)8-9/h4-5,8,10H,2-3,6-7H2,1H3,(H,13,14). The van der Waals surface area contributed by atoms with Crippen LogP contribution in [-0.2, 0) is 0 Å². The SMILES string of the molecule is CN(CCNc1ccnc(Cl)c1)C1CC1. The summed E-state index contributed by atoms with van der Waals surface area (Å²) in [5.74, 6) is 0. The number of pyridine rings is 1. The van der Waals surface area contributed by atoms with Crippen molar-refractivity contribution in [3.63, 3.8) is 0 Å². The van der Waals surface area contributed by atoms with Gasteiger partial charge in [-0.15, -0.1) is 0 Å². The fraction of sp³-hybridized carbons (Fsp3) is 0.545. The van der Waals surface area contributed by atoms with Crippen molar-refractivity contribution in [2.45, 2.75) is 18.9 Å². The monoisotopic (exact) mass is 225 g/mol. The molecule has 15 heavy (non-hydrogen) atoms. The summed E-state index contributed by atoms with van der Waals surface area (Å²) in [4.78, 5) is 6.33. The van der Waals surface area contributed by atoms with Gasteiger partial charge in [-0.25, -0.2) is 4.98 Å². The van der Waals surface area contributed by atoms with Crippen LogP contribution in [0.5, 0.6) is 0 Å². The first-order valence-electron chi connectivity index (χ1n) is 5.31. The van der Waals surface area contributed by atoms with Gasteiger partial charge < -0.3 is 10.2 Å². The van der Waals surface area contributed by atoms with Crippen LogP contribution in [-0.4, -0.2) is 36.1 Å². The highest BCUT2D eigenvalue weighted by atomic mass is 35.5. The van der Waals surface area contributed by atoms with Gasteiger partial charge in [0.25, 0.3) is 0 Å². The van der Waals surface area contributed by atoms with Gasteiger partial charge in [0.2, 0.25) is 0 Å². The van der Waals surface area contributed by atoms with Gasteiger partial charge in [0.15, 0.2) is 0 Å². The van der Waals surface area contributed by atoms with E-state index in [2.05, 4.69) is 22.2 Å². The molecule has 0 aromatic carbocycles. The first kappa shape index (κ1) is 10.7. The lowest BCUT2D eigenvalue weighted by Crippen LogP contribution is -2.26. The topological polar surface area (TPSA) is 28.2 Å². The maximum atomic E-state index is 5.79. The Morgan fingerprint density at radius 2 is 2.40 bits per heavy atom. The molecule has 1 N–H and O–H groups in total. The normalized spacial score (nSPS) is 15.7. The maximum absolute atomic E-state index is 5.79. The summed E-state index contributed by atoms with van der Waals surface area (Å²) in [6.45, 7) is 2.03. The Morgan fingerprint density at radius 1 is 1.60 bits per heavy atom. The molecule has 0 bridgehead atoms. The lowest BCUT2D eigenvalue weighted by molar-refractivity contribution is 0.337. The lowest BCUT2D eigenvalue weighted by Gasteiger charge is -2.16. The zero-order valence-corrected chi connectivity index (χ0v) is 9.67. The summed E-state index contributed by atoms with van der Waals surface area (Å²) in [6, 6.07) is 4.61. The van der Waals surface area contributed by atoms with Crippen LogP contribution in [0.1, 0.15) is 12.8 Å². The van der Waals surface area contributed by atoms with Gasteiger partial charge >= 0.3 is 0 Å². The summed E-state index contributed by atoms with van der Waals surface area (Å²) >= 11 is 5.79. The number of likely N-dealkylation sites (N-methyl/N-ethyl adjacent to an activating group) is 1. The third-order valence-corrected chi connectivity index (χ3v) is 2.90. The molecule has 0 amide bonds. The molecular weight excluding hydrogens is 210 g/mol. The van der Waals surface area contributed by atoms with E-state index in [9.17, 15) is 0 Å². The molecule has 1 fully saturated rings. The van der Waals surface area contributed by atoms with Crippen molar-refractivity contribution in [1.29, 1.82) is 0 Å². The Morgan fingerprint density at radius 3 is 3.07 bits per heavy atom. The molecule has 2 rings (SSSR count).